The number of hydrogen-bond donors (Lipinski definition) is 1. The van der Waals surface area contributed by atoms with Gasteiger partial charge in [-0.05, 0) is 160 Å². The molecule has 2 aromatic heterocycles. The van der Waals surface area contributed by atoms with Gasteiger partial charge in [-0.1, -0.05) is 48.8 Å². The number of carbonyl (C=O) groups excluding carboxylic acids is 2. The first-order valence-corrected chi connectivity index (χ1v) is 114. The number of imidazole rings is 2. The molecule has 0 aliphatic carbocycles. The third-order valence-corrected chi connectivity index (χ3v) is 18.1. The van der Waals surface area contributed by atoms with Crippen LogP contribution in [0.5, 0.6) is 0 Å². The number of benzene rings is 4. The Morgan fingerprint density at radius 3 is 1.47 bits per heavy atom. The molecule has 0 atom stereocenters. The monoisotopic (exact) mass is 1570 g/mol. The Balaban J connectivity index is -0.000000593. The van der Waals surface area contributed by atoms with E-state index >= 15 is 0 Å². The first-order valence-electron chi connectivity index (χ1n) is 29.8. The molecule has 2 saturated heterocycles. The first-order chi connectivity index (χ1) is 40.0. The van der Waals surface area contributed by atoms with Gasteiger partial charge in [-0.25, -0.2) is 32.5 Å². The summed E-state index contributed by atoms with van der Waals surface area (Å²) in [4.78, 5) is 36.4. The number of nitrogens with zero attached hydrogens (tertiary/aromatic N) is 7. The molecule has 6 aromatic rings. The maximum absolute atomic E-state index is 13.8. The van der Waals surface area contributed by atoms with Gasteiger partial charge in [0.2, 0.25) is 5.91 Å². The first kappa shape index (κ1) is 102. The van der Waals surface area contributed by atoms with Crippen molar-refractivity contribution in [1.29, 1.82) is 0 Å². The number of likely N-dealkylation sites (tertiary alicyclic amines) is 1. The van der Waals surface area contributed by atoms with Crippen LogP contribution in [0.25, 0.3) is 23.5 Å². The van der Waals surface area contributed by atoms with Crippen LogP contribution in [0.4, 0.5) is 23.2 Å². The van der Waals surface area contributed by atoms with Gasteiger partial charge in [-0.15, -0.1) is 0 Å². The molecular weight excluding hydrogens is 1500 g/mol. The number of halogens is 5. The molecule has 1 N–H and O–H groups in total. The second kappa shape index (κ2) is 58.5. The number of anilines is 1. The minimum absolute atomic E-state index is 0. The summed E-state index contributed by atoms with van der Waals surface area (Å²) < 4.78 is 64.3. The summed E-state index contributed by atoms with van der Waals surface area (Å²) in [6.07, 6.45) is 14.0. The molecule has 0 radical (unpaired) electrons. The summed E-state index contributed by atoms with van der Waals surface area (Å²) in [5.74, 6) is -3.07. The van der Waals surface area contributed by atoms with Crippen LogP contribution in [0.1, 0.15) is 88.5 Å². The van der Waals surface area contributed by atoms with E-state index in [4.69, 9.17) is 4.43 Å². The molecule has 2 aliphatic rings. The van der Waals surface area contributed by atoms with E-state index in [0.29, 0.717) is 54.1 Å². The molecule has 0 unspecified atom stereocenters. The normalized spacial score (nSPS) is 13.6. The van der Waals surface area contributed by atoms with E-state index in [0.717, 1.165) is 87.6 Å². The minimum atomic E-state index is -1.46. The fourth-order valence-corrected chi connectivity index (χ4v) is 10.1. The topological polar surface area (TPSA) is 109 Å². The zero-order chi connectivity index (χ0) is 63.9. The quantitative estimate of drug-likeness (QED) is 0.0822. The number of amides is 2. The van der Waals surface area contributed by atoms with Crippen molar-refractivity contribution in [3.63, 3.8) is 0 Å². The fraction of sp³-hybridized carbons (Fsp3) is 0.368. The van der Waals surface area contributed by atoms with Crippen LogP contribution >= 0.6 is 15.9 Å². The van der Waals surface area contributed by atoms with Gasteiger partial charge in [0.15, 0.2) is 8.32 Å². The number of carbonyl (C=O) groups is 2. The van der Waals surface area contributed by atoms with Gasteiger partial charge in [0.05, 0.1) is 42.9 Å². The van der Waals surface area contributed by atoms with Crippen molar-refractivity contribution in [3.8, 4) is 11.4 Å². The third-order valence-electron chi connectivity index (χ3n) is 13.3. The average molecular weight is 1570 g/mol. The van der Waals surface area contributed by atoms with E-state index in [1.54, 1.807) is 17.6 Å². The summed E-state index contributed by atoms with van der Waals surface area (Å²) in [7, 11) is -1.46. The molecule has 0 spiro atoms. The van der Waals surface area contributed by atoms with E-state index in [2.05, 4.69) is 59.8 Å². The van der Waals surface area contributed by atoms with Gasteiger partial charge in [-0.2, -0.15) is 0 Å². The van der Waals surface area contributed by atoms with Crippen LogP contribution in [-0.4, -0.2) is 408 Å². The average Bonchev–Trinajstić information content (AvgIpc) is 2.72. The van der Waals surface area contributed by atoms with E-state index in [1.807, 2.05) is 97.8 Å². The number of piperidine rings is 2. The number of rotatable bonds is 13. The van der Waals surface area contributed by atoms with Crippen molar-refractivity contribution in [1.82, 2.24) is 29.0 Å². The molecule has 0 saturated carbocycles. The molecular formula is C57H70BrF4K12N7O4Si. The molecule has 2 amide bonds. The summed E-state index contributed by atoms with van der Waals surface area (Å²) in [6, 6.07) is 18.5. The summed E-state index contributed by atoms with van der Waals surface area (Å²) in [5.41, 5.74) is 9.86. The number of aryl methyl sites for hydroxylation is 4. The van der Waals surface area contributed by atoms with Gasteiger partial charge in [0, 0.05) is 78.6 Å². The number of aromatic nitrogens is 4. The van der Waals surface area contributed by atoms with E-state index < -0.39 is 31.6 Å². The number of aliphatic hydroxyl groups excluding tert-OH is 1. The van der Waals surface area contributed by atoms with Gasteiger partial charge in [0.25, 0.3) is 5.91 Å². The van der Waals surface area contributed by atoms with Crippen LogP contribution in [-0.2, 0) is 20.6 Å². The molecule has 8 rings (SSSR count). The van der Waals surface area contributed by atoms with Crippen molar-refractivity contribution < 1.29 is 142 Å². The Morgan fingerprint density at radius 2 is 1.08 bits per heavy atom. The molecule has 86 heavy (non-hydrogen) atoms. The predicted octanol–water partition coefficient (Wildman–Crippen LogP) is 2.99. The Kier molecular flexibility index (Phi) is 69.1. The Labute approximate surface area is 834 Å². The summed E-state index contributed by atoms with van der Waals surface area (Å²) in [6.45, 7) is 21.0. The Bertz CT molecular complexity index is 3010. The van der Waals surface area contributed by atoms with Crippen LogP contribution < -0.4 is 108 Å². The van der Waals surface area contributed by atoms with E-state index in [9.17, 15) is 32.3 Å². The molecule has 408 valence electrons. The van der Waals surface area contributed by atoms with Crippen LogP contribution in [0, 0.1) is 51.0 Å². The van der Waals surface area contributed by atoms with Crippen LogP contribution in [0.15, 0.2) is 109 Å². The standard InChI is InChI=1S/C25H26F2N4O2.C24H23F2N3O.C8H19BrOSi.12K.2H/c1-17-10-19(5-6-24(17)29-15-18(2)28-16-29)11-20-4-3-7-31(25(20)33)30(8-9-32)23-13-21(26)12-22(27)14-23;1-16-8-18(5-6-23(16)29-13-17(2)27-15-29)9-20-4-3-7-28(24(20)30)14-19-10-21(25)12-22(26)11-19;1-8(2,3)11(4,5)10-7-6-9;;;;;;;;;;;;;;/h5-6,10-16,32H,3-4,7-9H2,1-2H3;5-6,8-13,15H,3-4,7,14H2,1-2H3;6-7H2,1-5H3;;;;;;;;;;;;;;/q;;;;;;;;;;;;;2*+1;2*-1/b20-11+;20-9+;;;;;;;;;;;;;;;. The SMILES string of the molecule is CC(C)(C)[Si](C)(C)OCCBr.Cc1cn(-c2ccc(/C=C3\CCCN(Cc4cc(F)cc(F)c4)C3=O)cc2C)cn1.Cc1cn(-c2ccc(/C=C3\CCCN(N(CCO)c4cc(F)cc(F)c4)C3=O)cc2C)cn1.[H-].[H-].[K+].[K+].[K][K].[K][K].[K][K].[K][K].[K][K]. The number of hydrazine groups is 1. The van der Waals surface area contributed by atoms with Crippen molar-refractivity contribution in [2.75, 3.05) is 43.2 Å². The molecule has 4 aromatic carbocycles. The van der Waals surface area contributed by atoms with E-state index in [-0.39, 0.29) is 143 Å². The van der Waals surface area contributed by atoms with E-state index in [1.165, 1.54) is 338 Å². The molecule has 2 aliphatic heterocycles. The molecule has 29 heteroatoms. The van der Waals surface area contributed by atoms with Crippen molar-refractivity contribution in [2.45, 2.75) is 98.8 Å². The number of alkyl halides is 1. The molecule has 2 fully saturated rings. The number of hydrogen-bond acceptors (Lipinski definition) is 7. The molecule has 11 nitrogen and oxygen atoms in total. The Morgan fingerprint density at radius 1 is 0.663 bits per heavy atom. The van der Waals surface area contributed by atoms with Gasteiger partial charge in [0.1, 0.15) is 23.3 Å². The van der Waals surface area contributed by atoms with Gasteiger partial charge in [-0.3, -0.25) is 14.6 Å². The third kappa shape index (κ3) is 38.0. The van der Waals surface area contributed by atoms with Gasteiger partial charge >= 0.3 is 419 Å². The number of aliphatic hydroxyl groups is 1. The van der Waals surface area contributed by atoms with Crippen molar-refractivity contribution in [2.24, 2.45) is 0 Å². The van der Waals surface area contributed by atoms with Gasteiger partial charge < -0.3 is 26.4 Å². The van der Waals surface area contributed by atoms with Crippen molar-refractivity contribution in [3.05, 3.63) is 171 Å². The molecule has 4 heterocycles. The second-order valence-electron chi connectivity index (χ2n) is 20.2. The van der Waals surface area contributed by atoms with Crippen LogP contribution in [0.2, 0.25) is 18.1 Å². The maximum atomic E-state index is 13.8. The zero-order valence-electron chi connectivity index (χ0n) is 57.9. The predicted molar refractivity (Wildman–Crippen MR) is 351 cm³/mol. The Hall–Kier alpha value is 13.5. The second-order valence-corrected chi connectivity index (χ2v) is 25.8. The van der Waals surface area contributed by atoms with Crippen molar-refractivity contribution >= 4 is 370 Å². The molecule has 0 bridgehead atoms. The summed E-state index contributed by atoms with van der Waals surface area (Å²) >= 11 is 15.9. The summed E-state index contributed by atoms with van der Waals surface area (Å²) in [5, 5.41) is 13.7. The van der Waals surface area contributed by atoms with Crippen LogP contribution in [0.3, 0.4) is 0 Å². The zero-order valence-corrected chi connectivity index (χ0v) is 95.9. The fourth-order valence-electron chi connectivity index (χ4n) is 8.54.